The number of carbonyl (C=O) groups is 2. The molecule has 4 aromatic rings. The van der Waals surface area contributed by atoms with E-state index in [0.717, 1.165) is 11.1 Å². The number of carbonyl (C=O) groups excluding carboxylic acids is 2. The van der Waals surface area contributed by atoms with Crippen LogP contribution in [0.1, 0.15) is 30.5 Å². The zero-order chi connectivity index (χ0) is 25.2. The highest BCUT2D eigenvalue weighted by Crippen LogP contribution is 2.44. The number of ketones is 1. The Morgan fingerprint density at radius 2 is 1.83 bits per heavy atom. The number of thiazole rings is 1. The Kier molecular flexibility index (Phi) is 6.43. The molecule has 8 heteroatoms. The Bertz CT molecular complexity index is 1480. The van der Waals surface area contributed by atoms with E-state index in [1.807, 2.05) is 49.4 Å². The quantitative estimate of drug-likeness (QED) is 0.198. The molecule has 0 radical (unpaired) electrons. The zero-order valence-electron chi connectivity index (χ0n) is 19.8. The van der Waals surface area contributed by atoms with Gasteiger partial charge >= 0.3 is 5.91 Å². The highest BCUT2D eigenvalue weighted by atomic mass is 32.1. The number of amides is 1. The molecule has 7 nitrogen and oxygen atoms in total. The van der Waals surface area contributed by atoms with Crippen LogP contribution in [0.3, 0.4) is 0 Å². The molecule has 1 N–H and O–H groups in total. The van der Waals surface area contributed by atoms with Crippen LogP contribution in [0.15, 0.2) is 78.4 Å². The van der Waals surface area contributed by atoms with E-state index >= 15 is 0 Å². The molecule has 5 rings (SSSR count). The third kappa shape index (κ3) is 4.20. The molecular weight excluding hydrogens is 476 g/mol. The molecule has 0 bridgehead atoms. The molecule has 1 unspecified atom stereocenters. The van der Waals surface area contributed by atoms with Crippen LogP contribution in [0.2, 0.25) is 0 Å². The van der Waals surface area contributed by atoms with Gasteiger partial charge in [-0.25, -0.2) is 4.98 Å². The predicted molar refractivity (Wildman–Crippen MR) is 140 cm³/mol. The Balaban J connectivity index is 1.66. The normalized spacial score (nSPS) is 17.1. The molecule has 2 heterocycles. The van der Waals surface area contributed by atoms with Gasteiger partial charge in [-0.05, 0) is 42.3 Å². The van der Waals surface area contributed by atoms with Crippen molar-refractivity contribution in [2.75, 3.05) is 18.6 Å². The second-order valence-corrected chi connectivity index (χ2v) is 9.30. The number of aliphatic hydroxyl groups excluding tert-OH is 1. The van der Waals surface area contributed by atoms with Crippen molar-refractivity contribution in [3.8, 4) is 11.5 Å². The van der Waals surface area contributed by atoms with Crippen LogP contribution in [0, 0.1) is 0 Å². The summed E-state index contributed by atoms with van der Waals surface area (Å²) in [4.78, 5) is 32.8. The van der Waals surface area contributed by atoms with Gasteiger partial charge in [0.25, 0.3) is 5.78 Å². The van der Waals surface area contributed by atoms with E-state index in [2.05, 4.69) is 4.98 Å². The first-order chi connectivity index (χ1) is 17.5. The second kappa shape index (κ2) is 9.83. The lowest BCUT2D eigenvalue weighted by molar-refractivity contribution is -0.132. The Hall–Kier alpha value is -4.17. The molecule has 0 spiro atoms. The largest absolute Gasteiger partial charge is 0.507 e. The molecule has 1 saturated heterocycles. The van der Waals surface area contributed by atoms with Crippen molar-refractivity contribution < 1.29 is 24.2 Å². The van der Waals surface area contributed by atoms with Crippen LogP contribution < -0.4 is 14.4 Å². The minimum atomic E-state index is -0.839. The Morgan fingerprint density at radius 3 is 2.58 bits per heavy atom. The SMILES string of the molecule is CCCOc1cccc(C(O)=C2C(=O)C(=O)N(c3nc4ccc(OC)cc4s3)C2c2ccccc2)c1. The number of Topliss-reactive ketones (excluding diaryl/α,β-unsaturated/α-hetero) is 1. The molecule has 182 valence electrons. The summed E-state index contributed by atoms with van der Waals surface area (Å²) in [7, 11) is 1.58. The van der Waals surface area contributed by atoms with Gasteiger partial charge in [0.15, 0.2) is 5.13 Å². The number of nitrogens with zero attached hydrogens (tertiary/aromatic N) is 2. The average molecular weight is 501 g/mol. The summed E-state index contributed by atoms with van der Waals surface area (Å²) in [6, 6.07) is 20.7. The first kappa shape index (κ1) is 23.6. The maximum atomic E-state index is 13.4. The van der Waals surface area contributed by atoms with Crippen LogP contribution in [-0.4, -0.2) is 35.5 Å². The van der Waals surface area contributed by atoms with E-state index in [1.165, 1.54) is 16.2 Å². The van der Waals surface area contributed by atoms with Gasteiger partial charge < -0.3 is 14.6 Å². The molecule has 36 heavy (non-hydrogen) atoms. The standard InChI is InChI=1S/C28H24N2O5S/c1-3-14-35-20-11-7-10-18(15-20)25(31)23-24(17-8-5-4-6-9-17)30(27(33)26(23)32)28-29-21-13-12-19(34-2)16-22(21)36-28/h4-13,15-16,24,31H,3,14H2,1-2H3. The monoisotopic (exact) mass is 500 g/mol. The number of rotatable bonds is 7. The van der Waals surface area contributed by atoms with Crippen molar-refractivity contribution in [1.29, 1.82) is 0 Å². The average Bonchev–Trinajstić information content (AvgIpc) is 3.45. The molecule has 1 amide bonds. The highest BCUT2D eigenvalue weighted by Gasteiger charge is 2.48. The van der Waals surface area contributed by atoms with E-state index in [4.69, 9.17) is 9.47 Å². The van der Waals surface area contributed by atoms with Crippen molar-refractivity contribution in [2.24, 2.45) is 0 Å². The first-order valence-corrected chi connectivity index (χ1v) is 12.4. The number of methoxy groups -OCH3 is 1. The number of anilines is 1. The Morgan fingerprint density at radius 1 is 1.03 bits per heavy atom. The van der Waals surface area contributed by atoms with E-state index < -0.39 is 17.7 Å². The van der Waals surface area contributed by atoms with Crippen molar-refractivity contribution in [1.82, 2.24) is 4.98 Å². The lowest BCUT2D eigenvalue weighted by Crippen LogP contribution is -2.29. The van der Waals surface area contributed by atoms with Crippen molar-refractivity contribution in [3.05, 3.63) is 89.5 Å². The smallest absolute Gasteiger partial charge is 0.301 e. The fourth-order valence-corrected chi connectivity index (χ4v) is 5.23. The van der Waals surface area contributed by atoms with Crippen LogP contribution in [0.4, 0.5) is 5.13 Å². The molecule has 1 aromatic heterocycles. The van der Waals surface area contributed by atoms with E-state index in [1.54, 1.807) is 37.4 Å². The molecule has 3 aromatic carbocycles. The van der Waals surface area contributed by atoms with Gasteiger partial charge in [0.2, 0.25) is 0 Å². The third-order valence-electron chi connectivity index (χ3n) is 5.93. The topological polar surface area (TPSA) is 89.0 Å². The number of fused-ring (bicyclic) bond motifs is 1. The molecule has 0 aliphatic carbocycles. The van der Waals surface area contributed by atoms with Gasteiger partial charge in [-0.15, -0.1) is 0 Å². The first-order valence-electron chi connectivity index (χ1n) is 11.6. The summed E-state index contributed by atoms with van der Waals surface area (Å²) < 4.78 is 11.8. The minimum absolute atomic E-state index is 0.00989. The van der Waals surface area contributed by atoms with Gasteiger partial charge in [-0.1, -0.05) is 60.7 Å². The number of hydrogen-bond donors (Lipinski definition) is 1. The molecule has 1 atom stereocenters. The maximum Gasteiger partial charge on any atom is 0.301 e. The maximum absolute atomic E-state index is 13.4. The summed E-state index contributed by atoms with van der Waals surface area (Å²) in [5.74, 6) is -0.515. The fourth-order valence-electron chi connectivity index (χ4n) is 4.21. The second-order valence-electron chi connectivity index (χ2n) is 8.29. The van der Waals surface area contributed by atoms with Gasteiger partial charge in [0.1, 0.15) is 17.3 Å². The summed E-state index contributed by atoms with van der Waals surface area (Å²) in [5.41, 5.74) is 1.78. The van der Waals surface area contributed by atoms with Crippen molar-refractivity contribution in [2.45, 2.75) is 19.4 Å². The summed E-state index contributed by atoms with van der Waals surface area (Å²) in [6.45, 7) is 2.53. The van der Waals surface area contributed by atoms with Crippen molar-refractivity contribution in [3.63, 3.8) is 0 Å². The zero-order valence-corrected chi connectivity index (χ0v) is 20.6. The van der Waals surface area contributed by atoms with E-state index in [0.29, 0.717) is 39.9 Å². The lowest BCUT2D eigenvalue weighted by atomic mass is 9.95. The number of hydrogen-bond acceptors (Lipinski definition) is 7. The van der Waals surface area contributed by atoms with Crippen LogP contribution in [-0.2, 0) is 9.59 Å². The highest BCUT2D eigenvalue weighted by molar-refractivity contribution is 7.22. The number of ether oxygens (including phenoxy) is 2. The summed E-state index contributed by atoms with van der Waals surface area (Å²) in [5, 5.41) is 11.7. The van der Waals surface area contributed by atoms with Crippen LogP contribution in [0.25, 0.3) is 16.0 Å². The molecular formula is C28H24N2O5S. The molecule has 1 aliphatic heterocycles. The van der Waals surface area contributed by atoms with Gasteiger partial charge in [-0.2, -0.15) is 0 Å². The molecule has 0 saturated carbocycles. The summed E-state index contributed by atoms with van der Waals surface area (Å²) >= 11 is 1.29. The van der Waals surface area contributed by atoms with Gasteiger partial charge in [-0.3, -0.25) is 14.5 Å². The van der Waals surface area contributed by atoms with Crippen LogP contribution in [0.5, 0.6) is 11.5 Å². The predicted octanol–water partition coefficient (Wildman–Crippen LogP) is 5.72. The molecule has 1 aliphatic rings. The van der Waals surface area contributed by atoms with E-state index in [9.17, 15) is 14.7 Å². The summed E-state index contributed by atoms with van der Waals surface area (Å²) in [6.07, 6.45) is 0.837. The lowest BCUT2D eigenvalue weighted by Gasteiger charge is -2.23. The number of benzene rings is 3. The van der Waals surface area contributed by atoms with Crippen LogP contribution >= 0.6 is 11.3 Å². The number of aliphatic hydroxyl groups is 1. The third-order valence-corrected chi connectivity index (χ3v) is 6.95. The number of aromatic nitrogens is 1. The van der Waals surface area contributed by atoms with Gasteiger partial charge in [0.05, 0.1) is 35.5 Å². The van der Waals surface area contributed by atoms with Gasteiger partial charge in [0, 0.05) is 5.56 Å². The fraction of sp³-hybridized carbons (Fsp3) is 0.179. The minimum Gasteiger partial charge on any atom is -0.507 e. The van der Waals surface area contributed by atoms with Crippen molar-refractivity contribution >= 4 is 44.1 Å². The Labute approximate surface area is 212 Å². The molecule has 1 fully saturated rings. The van der Waals surface area contributed by atoms with E-state index in [-0.39, 0.29) is 11.3 Å².